The molecule has 2 heteroatoms. The Bertz CT molecular complexity index is 295. The molecule has 2 rings (SSSR count). The molecule has 0 radical (unpaired) electrons. The lowest BCUT2D eigenvalue weighted by Gasteiger charge is -2.09. The highest BCUT2D eigenvalue weighted by Crippen LogP contribution is 2.13. The molecule has 0 atom stereocenters. The van der Waals surface area contributed by atoms with Crippen molar-refractivity contribution in [2.45, 2.75) is 32.1 Å². The van der Waals surface area contributed by atoms with Crippen molar-refractivity contribution in [1.82, 2.24) is 0 Å². The molecule has 0 spiro atoms. The summed E-state index contributed by atoms with van der Waals surface area (Å²) in [5.74, 6) is 0. The number of nitrogens with two attached hydrogens (primary N) is 1. The molecule has 1 aliphatic carbocycles. The molecule has 0 aliphatic heterocycles. The fraction of sp³-hybridized carbons (Fsp3) is 0.417. The van der Waals surface area contributed by atoms with E-state index in [4.69, 9.17) is 0 Å². The van der Waals surface area contributed by atoms with Crippen LogP contribution in [-0.2, 0) is 0 Å². The van der Waals surface area contributed by atoms with Gasteiger partial charge in [0.05, 0.1) is 5.71 Å². The van der Waals surface area contributed by atoms with Crippen molar-refractivity contribution in [3.63, 3.8) is 0 Å². The van der Waals surface area contributed by atoms with Gasteiger partial charge in [-0.1, -0.05) is 29.7 Å². The van der Waals surface area contributed by atoms with Crippen molar-refractivity contribution < 1.29 is 5.43 Å². The second-order valence-corrected chi connectivity index (χ2v) is 3.80. The van der Waals surface area contributed by atoms with Crippen LogP contribution in [0.15, 0.2) is 35.4 Å². The van der Waals surface area contributed by atoms with Gasteiger partial charge in [-0.2, -0.15) is 5.43 Å². The third-order valence-corrected chi connectivity index (χ3v) is 2.63. The predicted molar refractivity (Wildman–Crippen MR) is 58.5 cm³/mol. The second kappa shape index (κ2) is 4.91. The van der Waals surface area contributed by atoms with Crippen molar-refractivity contribution >= 4 is 11.4 Å². The second-order valence-electron chi connectivity index (χ2n) is 3.80. The highest BCUT2D eigenvalue weighted by atomic mass is 15.3. The zero-order valence-corrected chi connectivity index (χ0v) is 8.45. The molecule has 1 fully saturated rings. The van der Waals surface area contributed by atoms with E-state index in [1.807, 2.05) is 23.6 Å². The molecule has 2 nitrogen and oxygen atoms in total. The SMILES string of the molecule is c1ccc([NH2+]N=C2CCCCC2)cc1. The van der Waals surface area contributed by atoms with Gasteiger partial charge >= 0.3 is 0 Å². The van der Waals surface area contributed by atoms with Crippen molar-refractivity contribution in [2.75, 3.05) is 0 Å². The van der Waals surface area contributed by atoms with Gasteiger partial charge < -0.3 is 0 Å². The summed E-state index contributed by atoms with van der Waals surface area (Å²) in [4.78, 5) is 0. The van der Waals surface area contributed by atoms with Gasteiger partial charge in [0, 0.05) is 12.1 Å². The summed E-state index contributed by atoms with van der Waals surface area (Å²) in [6.45, 7) is 0. The Morgan fingerprint density at radius 3 is 2.36 bits per heavy atom. The number of rotatable bonds is 2. The van der Waals surface area contributed by atoms with E-state index in [9.17, 15) is 0 Å². The summed E-state index contributed by atoms with van der Waals surface area (Å²) in [5.41, 5.74) is 4.56. The molecule has 74 valence electrons. The number of hydrogen-bond donors (Lipinski definition) is 1. The lowest BCUT2D eigenvalue weighted by Crippen LogP contribution is -2.71. The Hall–Kier alpha value is -1.15. The fourth-order valence-corrected chi connectivity index (χ4v) is 1.79. The molecule has 1 saturated carbocycles. The Morgan fingerprint density at radius 1 is 0.929 bits per heavy atom. The molecule has 0 amide bonds. The van der Waals surface area contributed by atoms with Crippen LogP contribution in [0.1, 0.15) is 32.1 Å². The number of benzene rings is 1. The van der Waals surface area contributed by atoms with Crippen molar-refractivity contribution in [1.29, 1.82) is 0 Å². The quantitative estimate of drug-likeness (QED) is 0.420. The van der Waals surface area contributed by atoms with Gasteiger partial charge in [0.25, 0.3) is 0 Å². The van der Waals surface area contributed by atoms with Crippen LogP contribution in [0.25, 0.3) is 0 Å². The number of hydrogen-bond acceptors (Lipinski definition) is 1. The summed E-state index contributed by atoms with van der Waals surface area (Å²) in [6, 6.07) is 10.3. The first-order chi connectivity index (χ1) is 6.95. The van der Waals surface area contributed by atoms with E-state index in [-0.39, 0.29) is 0 Å². The standard InChI is InChI=1S/C12H16N2/c1-3-7-11(8-4-1)13-14-12-9-5-2-6-10-12/h1,3-4,7-8,13H,2,5-6,9-10H2/p+1. The summed E-state index contributed by atoms with van der Waals surface area (Å²) in [6.07, 6.45) is 6.42. The minimum atomic E-state index is 1.20. The summed E-state index contributed by atoms with van der Waals surface area (Å²) in [5, 5.41) is 4.55. The van der Waals surface area contributed by atoms with Crippen LogP contribution < -0.4 is 5.43 Å². The maximum Gasteiger partial charge on any atom is 0.155 e. The summed E-state index contributed by atoms with van der Waals surface area (Å²) < 4.78 is 0. The van der Waals surface area contributed by atoms with E-state index in [0.29, 0.717) is 0 Å². The molecule has 1 aliphatic rings. The average Bonchev–Trinajstić information content (AvgIpc) is 2.29. The molecule has 1 aromatic carbocycles. The van der Waals surface area contributed by atoms with Gasteiger partial charge in [-0.3, -0.25) is 0 Å². The Labute approximate surface area is 85.0 Å². The van der Waals surface area contributed by atoms with Crippen LogP contribution in [-0.4, -0.2) is 5.71 Å². The Kier molecular flexibility index (Phi) is 3.30. The molecule has 1 aromatic rings. The normalized spacial score (nSPS) is 16.7. The van der Waals surface area contributed by atoms with Crippen molar-refractivity contribution in [3.05, 3.63) is 30.3 Å². The molecule has 2 N–H and O–H groups in total. The molecule has 0 bridgehead atoms. The van der Waals surface area contributed by atoms with E-state index in [0.717, 1.165) is 0 Å². The van der Waals surface area contributed by atoms with Crippen LogP contribution >= 0.6 is 0 Å². The first kappa shape index (κ1) is 9.41. The maximum absolute atomic E-state index is 4.55. The maximum atomic E-state index is 4.55. The van der Waals surface area contributed by atoms with Crippen molar-refractivity contribution in [3.8, 4) is 0 Å². The lowest BCUT2D eigenvalue weighted by molar-refractivity contribution is -0.577. The first-order valence-electron chi connectivity index (χ1n) is 5.39. The molecule has 0 saturated heterocycles. The minimum Gasteiger partial charge on any atom is -0.188 e. The molecule has 0 aromatic heterocycles. The smallest absolute Gasteiger partial charge is 0.155 e. The molecular formula is C12H17N2+. The van der Waals surface area contributed by atoms with Gasteiger partial charge in [-0.15, -0.1) is 0 Å². The van der Waals surface area contributed by atoms with Gasteiger partial charge in [-0.25, -0.2) is 0 Å². The monoisotopic (exact) mass is 189 g/mol. The van der Waals surface area contributed by atoms with Crippen LogP contribution in [0.5, 0.6) is 0 Å². The zero-order chi connectivity index (χ0) is 9.64. The third kappa shape index (κ3) is 2.67. The minimum absolute atomic E-state index is 1.20. The Balaban J connectivity index is 1.92. The van der Waals surface area contributed by atoms with Crippen LogP contribution in [0.3, 0.4) is 0 Å². The van der Waals surface area contributed by atoms with Crippen LogP contribution in [0.2, 0.25) is 0 Å². The molecule has 0 heterocycles. The van der Waals surface area contributed by atoms with Crippen LogP contribution in [0.4, 0.5) is 5.69 Å². The summed E-state index contributed by atoms with van der Waals surface area (Å²) >= 11 is 0. The van der Waals surface area contributed by atoms with E-state index >= 15 is 0 Å². The largest absolute Gasteiger partial charge is 0.188 e. The van der Waals surface area contributed by atoms with E-state index in [2.05, 4.69) is 17.2 Å². The summed E-state index contributed by atoms with van der Waals surface area (Å²) in [7, 11) is 0. The van der Waals surface area contributed by atoms with Crippen LogP contribution in [0, 0.1) is 0 Å². The van der Waals surface area contributed by atoms with Gasteiger partial charge in [0.1, 0.15) is 0 Å². The van der Waals surface area contributed by atoms with Gasteiger partial charge in [-0.05, 0) is 25.7 Å². The Morgan fingerprint density at radius 2 is 1.64 bits per heavy atom. The number of quaternary nitrogens is 1. The lowest BCUT2D eigenvalue weighted by atomic mass is 9.99. The van der Waals surface area contributed by atoms with Crippen molar-refractivity contribution in [2.24, 2.45) is 5.10 Å². The molecular weight excluding hydrogens is 172 g/mol. The average molecular weight is 189 g/mol. The third-order valence-electron chi connectivity index (χ3n) is 2.63. The number of nitrogens with zero attached hydrogens (tertiary/aromatic N) is 1. The first-order valence-corrected chi connectivity index (χ1v) is 5.39. The van der Waals surface area contributed by atoms with Gasteiger partial charge in [0.15, 0.2) is 5.69 Å². The van der Waals surface area contributed by atoms with E-state index in [1.54, 1.807) is 0 Å². The topological polar surface area (TPSA) is 29.0 Å². The molecule has 0 unspecified atom stereocenters. The van der Waals surface area contributed by atoms with E-state index < -0.39 is 0 Å². The van der Waals surface area contributed by atoms with Gasteiger partial charge in [0.2, 0.25) is 0 Å². The predicted octanol–water partition coefficient (Wildman–Crippen LogP) is 2.20. The highest BCUT2D eigenvalue weighted by Gasteiger charge is 2.07. The van der Waals surface area contributed by atoms with E-state index in [1.165, 1.54) is 43.5 Å². The molecule has 14 heavy (non-hydrogen) atoms. The highest BCUT2D eigenvalue weighted by molar-refractivity contribution is 5.84. The zero-order valence-electron chi connectivity index (χ0n) is 8.45. The fourth-order valence-electron chi connectivity index (χ4n) is 1.79.